The number of ether oxygens (including phenoxy) is 1. The molecule has 2 N–H and O–H groups in total. The van der Waals surface area contributed by atoms with Gasteiger partial charge in [-0.05, 0) is 26.0 Å². The second-order valence-electron chi connectivity index (χ2n) is 8.04. The molecule has 33 heavy (non-hydrogen) atoms. The number of nitrogen functional groups attached to an aromatic ring is 1. The third kappa shape index (κ3) is 3.32. The second kappa shape index (κ2) is 7.60. The quantitative estimate of drug-likeness (QED) is 0.447. The fourth-order valence-corrected chi connectivity index (χ4v) is 4.24. The minimum absolute atomic E-state index is 0.137. The lowest BCUT2D eigenvalue weighted by Gasteiger charge is -2.22. The summed E-state index contributed by atoms with van der Waals surface area (Å²) in [6.07, 6.45) is 1.34. The van der Waals surface area contributed by atoms with Crippen LogP contribution < -0.4 is 16.0 Å². The molecule has 4 heterocycles. The highest BCUT2D eigenvalue weighted by Gasteiger charge is 2.25. The molecule has 9 heteroatoms. The normalized spacial score (nSPS) is 14.5. The highest BCUT2D eigenvalue weighted by Crippen LogP contribution is 2.34. The molecule has 3 aromatic heterocycles. The van der Waals surface area contributed by atoms with Crippen LogP contribution in [0.1, 0.15) is 41.2 Å². The maximum Gasteiger partial charge on any atom is 0.258 e. The van der Waals surface area contributed by atoms with E-state index in [-0.39, 0.29) is 17.3 Å². The molecule has 1 aliphatic heterocycles. The van der Waals surface area contributed by atoms with Crippen molar-refractivity contribution in [3.63, 3.8) is 0 Å². The summed E-state index contributed by atoms with van der Waals surface area (Å²) in [5, 5.41) is 14.4. The average molecular weight is 439 g/mol. The van der Waals surface area contributed by atoms with Crippen molar-refractivity contribution >= 4 is 5.82 Å². The van der Waals surface area contributed by atoms with Crippen molar-refractivity contribution in [1.29, 1.82) is 5.26 Å². The lowest BCUT2D eigenvalue weighted by atomic mass is 10.0. The van der Waals surface area contributed by atoms with E-state index in [1.807, 2.05) is 38.1 Å². The molecule has 0 spiro atoms. The molecule has 1 aliphatic rings. The van der Waals surface area contributed by atoms with Crippen LogP contribution in [0.4, 0.5) is 5.82 Å². The Balaban J connectivity index is 1.88. The number of nitriles is 1. The number of hydrogen-bond donors (Lipinski definition) is 1. The summed E-state index contributed by atoms with van der Waals surface area (Å²) in [5.74, 6) is 0.297. The maximum atomic E-state index is 13.1. The highest BCUT2D eigenvalue weighted by atomic mass is 16.5. The molecule has 1 aromatic carbocycles. The van der Waals surface area contributed by atoms with E-state index in [2.05, 4.69) is 21.1 Å². The van der Waals surface area contributed by atoms with Gasteiger partial charge in [0.2, 0.25) is 0 Å². The number of aryl methyl sites for hydroxylation is 2. The summed E-state index contributed by atoms with van der Waals surface area (Å²) in [6, 6.07) is 13.2. The molecule has 0 saturated carbocycles. The molecule has 0 aliphatic carbocycles. The summed E-state index contributed by atoms with van der Waals surface area (Å²) in [5.41, 5.74) is 11.1. The molecule has 0 amide bonds. The Morgan fingerprint density at radius 3 is 2.88 bits per heavy atom. The first-order valence-electron chi connectivity index (χ1n) is 10.4. The summed E-state index contributed by atoms with van der Waals surface area (Å²) in [6.45, 7) is 3.86. The molecule has 1 atom stereocenters. The van der Waals surface area contributed by atoms with Crippen LogP contribution in [0.2, 0.25) is 0 Å². The Morgan fingerprint density at radius 1 is 1.27 bits per heavy atom. The average Bonchev–Trinajstić information content (AvgIpc) is 3.09. The van der Waals surface area contributed by atoms with Crippen LogP contribution in [0, 0.1) is 18.3 Å². The molecule has 0 radical (unpaired) electrons. The number of aromatic nitrogens is 5. The van der Waals surface area contributed by atoms with Crippen LogP contribution in [0.15, 0.2) is 47.4 Å². The van der Waals surface area contributed by atoms with Crippen LogP contribution >= 0.6 is 0 Å². The predicted molar refractivity (Wildman–Crippen MR) is 122 cm³/mol. The molecular weight excluding hydrogens is 418 g/mol. The summed E-state index contributed by atoms with van der Waals surface area (Å²) >= 11 is 0. The van der Waals surface area contributed by atoms with Crippen LogP contribution in [0.5, 0.6) is 5.88 Å². The van der Waals surface area contributed by atoms with E-state index in [1.165, 1.54) is 16.9 Å². The van der Waals surface area contributed by atoms with E-state index >= 15 is 0 Å². The van der Waals surface area contributed by atoms with Gasteiger partial charge in [0.25, 0.3) is 11.4 Å². The van der Waals surface area contributed by atoms with Gasteiger partial charge in [-0.15, -0.1) is 0 Å². The van der Waals surface area contributed by atoms with Gasteiger partial charge in [0, 0.05) is 30.8 Å². The Morgan fingerprint density at radius 2 is 2.09 bits per heavy atom. The van der Waals surface area contributed by atoms with E-state index in [0.29, 0.717) is 34.8 Å². The zero-order valence-electron chi connectivity index (χ0n) is 18.4. The summed E-state index contributed by atoms with van der Waals surface area (Å²) < 4.78 is 9.34. The Hall–Kier alpha value is -4.45. The van der Waals surface area contributed by atoms with E-state index in [0.717, 1.165) is 16.8 Å². The number of pyridine rings is 1. The minimum Gasteiger partial charge on any atom is -0.467 e. The van der Waals surface area contributed by atoms with Gasteiger partial charge in [-0.2, -0.15) is 10.4 Å². The number of fused-ring (bicyclic) bond motifs is 7. The summed E-state index contributed by atoms with van der Waals surface area (Å²) in [4.78, 5) is 22.0. The smallest absolute Gasteiger partial charge is 0.258 e. The van der Waals surface area contributed by atoms with Crippen molar-refractivity contribution in [3.8, 4) is 28.9 Å². The van der Waals surface area contributed by atoms with Crippen molar-refractivity contribution in [2.24, 2.45) is 7.05 Å². The van der Waals surface area contributed by atoms with Crippen molar-refractivity contribution in [3.05, 3.63) is 81.2 Å². The monoisotopic (exact) mass is 439 g/mol. The van der Waals surface area contributed by atoms with Gasteiger partial charge in [-0.1, -0.05) is 23.8 Å². The Bertz CT molecular complexity index is 1510. The molecule has 9 nitrogen and oxygen atoms in total. The molecule has 5 rings (SSSR count). The van der Waals surface area contributed by atoms with Crippen LogP contribution in [-0.4, -0.2) is 24.3 Å². The zero-order chi connectivity index (χ0) is 23.3. The van der Waals surface area contributed by atoms with Gasteiger partial charge >= 0.3 is 0 Å². The van der Waals surface area contributed by atoms with Gasteiger partial charge < -0.3 is 10.5 Å². The highest BCUT2D eigenvalue weighted by molar-refractivity contribution is 5.70. The molecule has 0 fully saturated rings. The lowest BCUT2D eigenvalue weighted by molar-refractivity contribution is 0.218. The molecular formula is C24H21N7O2. The number of benzene rings is 1. The van der Waals surface area contributed by atoms with Crippen molar-refractivity contribution < 1.29 is 4.74 Å². The Labute approximate surface area is 189 Å². The van der Waals surface area contributed by atoms with Crippen LogP contribution in [-0.2, 0) is 13.5 Å². The van der Waals surface area contributed by atoms with Crippen molar-refractivity contribution in [1.82, 2.24) is 24.3 Å². The minimum atomic E-state index is -0.477. The summed E-state index contributed by atoms with van der Waals surface area (Å²) in [7, 11) is 1.70. The number of anilines is 1. The fraction of sp³-hybridized carbons (Fsp3) is 0.208. The lowest BCUT2D eigenvalue weighted by Crippen LogP contribution is -2.24. The number of hydrogen-bond acceptors (Lipinski definition) is 7. The first kappa shape index (κ1) is 20.5. The van der Waals surface area contributed by atoms with Gasteiger partial charge in [-0.25, -0.2) is 9.97 Å². The standard InChI is InChI=1S/C24H21N7O2/c1-13-7-8-19-16(9-13)14(2)33-24-23(26)27-12-18(28-24)22-17(29-30(3)20(22)11-25)10-15-5-4-6-21(32)31(15)19/h4-9,12,14H,10H2,1-3H3,(H2,26,27)/t14-/m1/s1. The van der Waals surface area contributed by atoms with Gasteiger partial charge in [-0.3, -0.25) is 14.0 Å². The van der Waals surface area contributed by atoms with E-state index in [9.17, 15) is 10.1 Å². The van der Waals surface area contributed by atoms with Crippen molar-refractivity contribution in [2.45, 2.75) is 26.4 Å². The zero-order valence-corrected chi connectivity index (χ0v) is 18.4. The van der Waals surface area contributed by atoms with Gasteiger partial charge in [0.05, 0.1) is 28.8 Å². The van der Waals surface area contributed by atoms with Crippen LogP contribution in [0.25, 0.3) is 16.9 Å². The van der Waals surface area contributed by atoms with Crippen molar-refractivity contribution in [2.75, 3.05) is 5.73 Å². The first-order valence-corrected chi connectivity index (χ1v) is 10.4. The topological polar surface area (TPSA) is 125 Å². The molecule has 0 saturated heterocycles. The fourth-order valence-electron chi connectivity index (χ4n) is 4.24. The SMILES string of the molecule is Cc1ccc2c(c1)[C@@H](C)Oc1nc(cnc1N)-c1c(nn(C)c1C#N)Cc1cccc(=O)n1-2. The molecule has 2 bridgehead atoms. The number of nitrogens with zero attached hydrogens (tertiary/aromatic N) is 6. The van der Waals surface area contributed by atoms with Crippen LogP contribution in [0.3, 0.4) is 0 Å². The first-order chi connectivity index (χ1) is 15.9. The van der Waals surface area contributed by atoms with E-state index < -0.39 is 6.10 Å². The maximum absolute atomic E-state index is 13.1. The third-order valence-corrected chi connectivity index (χ3v) is 5.78. The Kier molecular flexibility index (Phi) is 4.71. The molecule has 4 aromatic rings. The third-order valence-electron chi connectivity index (χ3n) is 5.78. The number of nitrogens with two attached hydrogens (primary N) is 1. The molecule has 0 unspecified atom stereocenters. The largest absolute Gasteiger partial charge is 0.467 e. The van der Waals surface area contributed by atoms with Gasteiger partial charge in [0.15, 0.2) is 5.82 Å². The van der Waals surface area contributed by atoms with E-state index in [1.54, 1.807) is 17.7 Å². The second-order valence-corrected chi connectivity index (χ2v) is 8.04. The predicted octanol–water partition coefficient (Wildman–Crippen LogP) is 2.83. The van der Waals surface area contributed by atoms with E-state index in [4.69, 9.17) is 10.5 Å². The number of rotatable bonds is 0. The van der Waals surface area contributed by atoms with Gasteiger partial charge in [0.1, 0.15) is 17.9 Å². The molecule has 164 valence electrons.